The van der Waals surface area contributed by atoms with Gasteiger partial charge in [-0.25, -0.2) is 0 Å². The van der Waals surface area contributed by atoms with Crippen molar-refractivity contribution in [3.05, 3.63) is 35.4 Å². The molecule has 0 aromatic heterocycles. The van der Waals surface area contributed by atoms with Crippen LogP contribution in [0.4, 0.5) is 0 Å². The Bertz CT molecular complexity index is 437. The molecule has 0 radical (unpaired) electrons. The van der Waals surface area contributed by atoms with E-state index < -0.39 is 0 Å². The molecule has 1 N–H and O–H groups in total. The highest BCUT2D eigenvalue weighted by Crippen LogP contribution is 2.24. The molecule has 0 amide bonds. The molecule has 23 heavy (non-hydrogen) atoms. The Kier molecular flexibility index (Phi) is 8.11. The van der Waals surface area contributed by atoms with Crippen molar-refractivity contribution in [2.75, 3.05) is 19.6 Å². The molecule has 2 heteroatoms. The fourth-order valence-corrected chi connectivity index (χ4v) is 3.78. The second kappa shape index (κ2) is 10.1. The Hall–Kier alpha value is -0.860. The number of rotatable bonds is 9. The summed E-state index contributed by atoms with van der Waals surface area (Å²) < 4.78 is 0. The van der Waals surface area contributed by atoms with E-state index in [0.29, 0.717) is 0 Å². The normalized spacial score (nSPS) is 18.2. The lowest BCUT2D eigenvalue weighted by molar-refractivity contribution is 0.151. The zero-order chi connectivity index (χ0) is 16.5. The predicted molar refractivity (Wildman–Crippen MR) is 98.7 cm³/mol. The summed E-state index contributed by atoms with van der Waals surface area (Å²) in [5.41, 5.74) is 2.30. The van der Waals surface area contributed by atoms with Crippen molar-refractivity contribution in [3.63, 3.8) is 0 Å². The van der Waals surface area contributed by atoms with Gasteiger partial charge in [0.2, 0.25) is 0 Å². The minimum atomic E-state index is -0.295. The van der Waals surface area contributed by atoms with Crippen LogP contribution in [0.15, 0.2) is 24.3 Å². The van der Waals surface area contributed by atoms with E-state index in [-0.39, 0.29) is 6.10 Å². The van der Waals surface area contributed by atoms with Gasteiger partial charge in [-0.05, 0) is 75.7 Å². The SMILES string of the molecule is CCCCC1CCN(CCCCC(O)c2ccccc2C)CC1. The van der Waals surface area contributed by atoms with Crippen LogP contribution in [0.3, 0.4) is 0 Å². The summed E-state index contributed by atoms with van der Waals surface area (Å²) in [6.45, 7) is 8.16. The van der Waals surface area contributed by atoms with Crippen LogP contribution in [0.25, 0.3) is 0 Å². The molecule has 1 aromatic carbocycles. The first-order valence-electron chi connectivity index (χ1n) is 9.66. The summed E-state index contributed by atoms with van der Waals surface area (Å²) >= 11 is 0. The van der Waals surface area contributed by atoms with E-state index in [2.05, 4.69) is 30.9 Å². The van der Waals surface area contributed by atoms with Crippen LogP contribution in [0.5, 0.6) is 0 Å². The minimum absolute atomic E-state index is 0.295. The van der Waals surface area contributed by atoms with Gasteiger partial charge in [-0.1, -0.05) is 50.5 Å². The van der Waals surface area contributed by atoms with Crippen LogP contribution in [0, 0.1) is 12.8 Å². The predicted octanol–water partition coefficient (Wildman–Crippen LogP) is 5.10. The summed E-state index contributed by atoms with van der Waals surface area (Å²) in [6, 6.07) is 8.20. The van der Waals surface area contributed by atoms with Gasteiger partial charge in [-0.2, -0.15) is 0 Å². The topological polar surface area (TPSA) is 23.5 Å². The van der Waals surface area contributed by atoms with Gasteiger partial charge in [0, 0.05) is 0 Å². The zero-order valence-corrected chi connectivity index (χ0v) is 15.1. The van der Waals surface area contributed by atoms with Gasteiger partial charge in [-0.3, -0.25) is 0 Å². The molecular formula is C21H35NO. The summed E-state index contributed by atoms with van der Waals surface area (Å²) in [5.74, 6) is 0.981. The summed E-state index contributed by atoms with van der Waals surface area (Å²) in [4.78, 5) is 2.63. The molecule has 0 spiro atoms. The molecule has 2 rings (SSSR count). The Morgan fingerprint density at radius 3 is 2.57 bits per heavy atom. The maximum absolute atomic E-state index is 10.3. The molecule has 1 aromatic rings. The fraction of sp³-hybridized carbons (Fsp3) is 0.714. The lowest BCUT2D eigenvalue weighted by Gasteiger charge is -2.32. The smallest absolute Gasteiger partial charge is 0.0792 e. The van der Waals surface area contributed by atoms with Crippen LogP contribution in [0.2, 0.25) is 0 Å². The monoisotopic (exact) mass is 317 g/mol. The van der Waals surface area contributed by atoms with Crippen LogP contribution in [0.1, 0.15) is 75.5 Å². The maximum Gasteiger partial charge on any atom is 0.0792 e. The van der Waals surface area contributed by atoms with Crippen LogP contribution in [-0.2, 0) is 0 Å². The first-order valence-corrected chi connectivity index (χ1v) is 9.66. The van der Waals surface area contributed by atoms with Crippen LogP contribution >= 0.6 is 0 Å². The largest absolute Gasteiger partial charge is 0.388 e. The first-order chi connectivity index (χ1) is 11.2. The molecule has 1 atom stereocenters. The number of aliphatic hydroxyl groups excluding tert-OH is 1. The third-order valence-corrected chi connectivity index (χ3v) is 5.42. The van der Waals surface area contributed by atoms with Gasteiger partial charge in [0.1, 0.15) is 0 Å². The zero-order valence-electron chi connectivity index (χ0n) is 15.1. The van der Waals surface area contributed by atoms with E-state index in [1.807, 2.05) is 12.1 Å². The lowest BCUT2D eigenvalue weighted by Crippen LogP contribution is -2.34. The molecule has 130 valence electrons. The first kappa shape index (κ1) is 18.5. The van der Waals surface area contributed by atoms with Crippen molar-refractivity contribution in [3.8, 4) is 0 Å². The highest BCUT2D eigenvalue weighted by molar-refractivity contribution is 5.27. The van der Waals surface area contributed by atoms with E-state index in [9.17, 15) is 5.11 Å². The number of hydrogen-bond donors (Lipinski definition) is 1. The second-order valence-corrected chi connectivity index (χ2v) is 7.30. The Morgan fingerprint density at radius 2 is 1.87 bits per heavy atom. The molecule has 0 saturated carbocycles. The number of unbranched alkanes of at least 4 members (excludes halogenated alkanes) is 2. The molecule has 0 aliphatic carbocycles. The maximum atomic E-state index is 10.3. The van der Waals surface area contributed by atoms with E-state index in [1.165, 1.54) is 63.7 Å². The van der Waals surface area contributed by atoms with E-state index in [0.717, 1.165) is 24.3 Å². The third-order valence-electron chi connectivity index (χ3n) is 5.42. The average molecular weight is 318 g/mol. The standard InChI is InChI=1S/C21H35NO/c1-3-4-10-19-13-16-22(17-14-19)15-8-7-12-21(23)20-11-6-5-9-18(20)2/h5-6,9,11,19,21,23H,3-4,7-8,10,12-17H2,1-2H3. The summed E-state index contributed by atoms with van der Waals surface area (Å²) in [7, 11) is 0. The summed E-state index contributed by atoms with van der Waals surface area (Å²) in [5, 5.41) is 10.3. The number of aryl methyl sites for hydroxylation is 1. The van der Waals surface area contributed by atoms with Gasteiger partial charge in [-0.15, -0.1) is 0 Å². The third kappa shape index (κ3) is 6.27. The Labute approximate surface area is 142 Å². The fourth-order valence-electron chi connectivity index (χ4n) is 3.78. The average Bonchev–Trinajstić information content (AvgIpc) is 2.58. The molecule has 1 aliphatic heterocycles. The van der Waals surface area contributed by atoms with Crippen molar-refractivity contribution in [1.29, 1.82) is 0 Å². The number of aliphatic hydroxyl groups is 1. The Morgan fingerprint density at radius 1 is 1.13 bits per heavy atom. The van der Waals surface area contributed by atoms with Gasteiger partial charge >= 0.3 is 0 Å². The molecule has 1 heterocycles. The van der Waals surface area contributed by atoms with Crippen LogP contribution < -0.4 is 0 Å². The van der Waals surface area contributed by atoms with Gasteiger partial charge in [0.15, 0.2) is 0 Å². The molecule has 2 nitrogen and oxygen atoms in total. The van der Waals surface area contributed by atoms with Crippen molar-refractivity contribution in [2.45, 2.75) is 71.3 Å². The number of benzene rings is 1. The van der Waals surface area contributed by atoms with Crippen molar-refractivity contribution in [1.82, 2.24) is 4.90 Å². The van der Waals surface area contributed by atoms with E-state index >= 15 is 0 Å². The van der Waals surface area contributed by atoms with E-state index in [4.69, 9.17) is 0 Å². The molecule has 1 saturated heterocycles. The Balaban J connectivity index is 1.58. The molecular weight excluding hydrogens is 282 g/mol. The van der Waals surface area contributed by atoms with Gasteiger partial charge in [0.25, 0.3) is 0 Å². The number of likely N-dealkylation sites (tertiary alicyclic amines) is 1. The minimum Gasteiger partial charge on any atom is -0.388 e. The molecule has 1 aliphatic rings. The molecule has 1 unspecified atom stereocenters. The molecule has 0 bridgehead atoms. The summed E-state index contributed by atoms with van der Waals surface area (Å²) in [6.07, 6.45) is 9.89. The quantitative estimate of drug-likeness (QED) is 0.640. The van der Waals surface area contributed by atoms with Gasteiger partial charge < -0.3 is 10.0 Å². The highest BCUT2D eigenvalue weighted by atomic mass is 16.3. The molecule has 1 fully saturated rings. The van der Waals surface area contributed by atoms with Crippen molar-refractivity contribution < 1.29 is 5.11 Å². The lowest BCUT2D eigenvalue weighted by atomic mass is 9.91. The van der Waals surface area contributed by atoms with E-state index in [1.54, 1.807) is 0 Å². The van der Waals surface area contributed by atoms with Gasteiger partial charge in [0.05, 0.1) is 6.10 Å². The van der Waals surface area contributed by atoms with Crippen LogP contribution in [-0.4, -0.2) is 29.6 Å². The second-order valence-electron chi connectivity index (χ2n) is 7.30. The van der Waals surface area contributed by atoms with Crippen molar-refractivity contribution in [2.24, 2.45) is 5.92 Å². The van der Waals surface area contributed by atoms with Crippen molar-refractivity contribution >= 4 is 0 Å². The number of piperidine rings is 1. The number of nitrogens with zero attached hydrogens (tertiary/aromatic N) is 1. The number of hydrogen-bond acceptors (Lipinski definition) is 2. The highest BCUT2D eigenvalue weighted by Gasteiger charge is 2.18.